The summed E-state index contributed by atoms with van der Waals surface area (Å²) in [6.07, 6.45) is 6.28. The van der Waals surface area contributed by atoms with Crippen molar-refractivity contribution in [2.75, 3.05) is 37.0 Å². The van der Waals surface area contributed by atoms with Gasteiger partial charge in [-0.15, -0.1) is 0 Å². The summed E-state index contributed by atoms with van der Waals surface area (Å²) in [5, 5.41) is 24.4. The topological polar surface area (TPSA) is 136 Å². The molecule has 0 aliphatic carbocycles. The number of carbonyl (C=O) groups is 4. The molecule has 0 bridgehead atoms. The fourth-order valence-corrected chi connectivity index (χ4v) is 5.66. The van der Waals surface area contributed by atoms with Gasteiger partial charge < -0.3 is 30.1 Å². The summed E-state index contributed by atoms with van der Waals surface area (Å²) in [5.74, 6) is -1.98. The third-order valence-electron chi connectivity index (χ3n) is 8.09. The first-order valence-electron chi connectivity index (χ1n) is 14.4. The van der Waals surface area contributed by atoms with E-state index in [0.29, 0.717) is 41.9 Å². The lowest BCUT2D eigenvalue weighted by Gasteiger charge is -2.28. The van der Waals surface area contributed by atoms with Gasteiger partial charge in [-0.2, -0.15) is 0 Å². The quantitative estimate of drug-likeness (QED) is 0.200. The minimum Gasteiger partial charge on any atom is -0.469 e. The zero-order valence-corrected chi connectivity index (χ0v) is 24.1. The van der Waals surface area contributed by atoms with Gasteiger partial charge in [0.05, 0.1) is 25.4 Å². The maximum Gasteiger partial charge on any atom is 0.305 e. The Morgan fingerprint density at radius 2 is 1.93 bits per heavy atom. The second-order valence-corrected chi connectivity index (χ2v) is 10.8. The van der Waals surface area contributed by atoms with Crippen LogP contribution in [0.25, 0.3) is 0 Å². The first kappa shape index (κ1) is 30.9. The van der Waals surface area contributed by atoms with E-state index in [1.165, 1.54) is 12.0 Å². The number of fused-ring (bicyclic) bond motifs is 1. The van der Waals surface area contributed by atoms with Gasteiger partial charge in [0.25, 0.3) is 11.8 Å². The minimum atomic E-state index is -1.94. The molecule has 10 nitrogen and oxygen atoms in total. The van der Waals surface area contributed by atoms with Crippen LogP contribution < -0.4 is 10.2 Å². The molecule has 3 N–H and O–H groups in total. The molecular formula is C32H39N3O7. The lowest BCUT2D eigenvalue weighted by atomic mass is 9.82. The highest BCUT2D eigenvalue weighted by Gasteiger charge is 2.52. The van der Waals surface area contributed by atoms with Crippen LogP contribution in [-0.4, -0.2) is 71.7 Å². The highest BCUT2D eigenvalue weighted by atomic mass is 16.5. The molecule has 0 saturated carbocycles. The SMILES string of the molecule is COC(=O)CCCCN1C(=O)[C@@](O)([C@@H](C)/C=C/CC(=O)N2CCC[C@H]2CO)c2cc(NC(=O)c3ccccc3)ccc21. The number of hydrogen-bond donors (Lipinski definition) is 3. The zero-order valence-electron chi connectivity index (χ0n) is 24.1. The maximum absolute atomic E-state index is 13.8. The van der Waals surface area contributed by atoms with Crippen LogP contribution >= 0.6 is 0 Å². The molecule has 2 aliphatic rings. The fraction of sp³-hybridized carbons (Fsp3) is 0.438. The zero-order chi connectivity index (χ0) is 30.3. The van der Waals surface area contributed by atoms with Crippen molar-refractivity contribution in [2.24, 2.45) is 5.92 Å². The number of anilines is 2. The average molecular weight is 578 g/mol. The van der Waals surface area contributed by atoms with Gasteiger partial charge in [-0.1, -0.05) is 37.3 Å². The number of esters is 1. The highest BCUT2D eigenvalue weighted by molar-refractivity contribution is 6.09. The van der Waals surface area contributed by atoms with E-state index >= 15 is 0 Å². The number of rotatable bonds is 12. The number of likely N-dealkylation sites (tertiary alicyclic amines) is 1. The molecular weight excluding hydrogens is 538 g/mol. The van der Waals surface area contributed by atoms with Crippen LogP contribution in [0.15, 0.2) is 60.7 Å². The molecule has 0 aromatic heterocycles. The van der Waals surface area contributed by atoms with E-state index in [0.717, 1.165) is 12.8 Å². The Morgan fingerprint density at radius 3 is 2.64 bits per heavy atom. The Bertz CT molecular complexity index is 1330. The number of methoxy groups -OCH3 is 1. The number of unbranched alkanes of at least 4 members (excludes halogenated alkanes) is 1. The number of hydrogen-bond acceptors (Lipinski definition) is 7. The molecule has 3 atom stereocenters. The van der Waals surface area contributed by atoms with Gasteiger partial charge >= 0.3 is 5.97 Å². The molecule has 1 saturated heterocycles. The number of aliphatic hydroxyl groups is 2. The smallest absolute Gasteiger partial charge is 0.305 e. The number of aliphatic hydroxyl groups excluding tert-OH is 1. The van der Waals surface area contributed by atoms with Crippen molar-refractivity contribution < 1.29 is 34.1 Å². The molecule has 2 heterocycles. The fourth-order valence-electron chi connectivity index (χ4n) is 5.66. The summed E-state index contributed by atoms with van der Waals surface area (Å²) >= 11 is 0. The van der Waals surface area contributed by atoms with Crippen molar-refractivity contribution in [3.05, 3.63) is 71.8 Å². The van der Waals surface area contributed by atoms with Crippen LogP contribution in [0.2, 0.25) is 0 Å². The van der Waals surface area contributed by atoms with Gasteiger partial charge in [-0.3, -0.25) is 19.2 Å². The third-order valence-corrected chi connectivity index (χ3v) is 8.09. The molecule has 0 radical (unpaired) electrons. The number of benzene rings is 2. The van der Waals surface area contributed by atoms with Crippen molar-refractivity contribution in [1.29, 1.82) is 0 Å². The molecule has 0 spiro atoms. The minimum absolute atomic E-state index is 0.0739. The van der Waals surface area contributed by atoms with Gasteiger partial charge in [0.15, 0.2) is 5.60 Å². The summed E-state index contributed by atoms with van der Waals surface area (Å²) in [6.45, 7) is 2.53. The van der Waals surface area contributed by atoms with Crippen molar-refractivity contribution in [2.45, 2.75) is 57.1 Å². The molecule has 224 valence electrons. The number of nitrogens with zero attached hydrogens (tertiary/aromatic N) is 2. The number of nitrogens with one attached hydrogen (secondary N) is 1. The van der Waals surface area contributed by atoms with Crippen LogP contribution in [-0.2, 0) is 24.7 Å². The lowest BCUT2D eigenvalue weighted by molar-refractivity contribution is -0.140. The second kappa shape index (κ2) is 13.8. The van der Waals surface area contributed by atoms with Crippen molar-refractivity contribution in [3.8, 4) is 0 Å². The van der Waals surface area contributed by atoms with Gasteiger partial charge in [-0.05, 0) is 56.0 Å². The van der Waals surface area contributed by atoms with E-state index < -0.39 is 17.4 Å². The molecule has 2 aliphatic heterocycles. The number of amides is 3. The van der Waals surface area contributed by atoms with Crippen LogP contribution in [0.1, 0.15) is 61.4 Å². The van der Waals surface area contributed by atoms with Crippen LogP contribution in [0, 0.1) is 5.92 Å². The predicted molar refractivity (Wildman–Crippen MR) is 158 cm³/mol. The Hall–Kier alpha value is -4.02. The monoisotopic (exact) mass is 577 g/mol. The van der Waals surface area contributed by atoms with E-state index in [2.05, 4.69) is 5.32 Å². The maximum atomic E-state index is 13.8. The summed E-state index contributed by atoms with van der Waals surface area (Å²) in [7, 11) is 1.33. The van der Waals surface area contributed by atoms with E-state index in [4.69, 9.17) is 4.74 Å². The molecule has 0 unspecified atom stereocenters. The molecule has 2 aromatic rings. The van der Waals surface area contributed by atoms with Gasteiger partial charge in [0.1, 0.15) is 0 Å². The van der Waals surface area contributed by atoms with Crippen LogP contribution in [0.3, 0.4) is 0 Å². The summed E-state index contributed by atoms with van der Waals surface area (Å²) in [5.41, 5.74) is -0.158. The Morgan fingerprint density at radius 1 is 1.17 bits per heavy atom. The molecule has 1 fully saturated rings. The van der Waals surface area contributed by atoms with E-state index in [-0.39, 0.29) is 49.8 Å². The second-order valence-electron chi connectivity index (χ2n) is 10.8. The average Bonchev–Trinajstić information content (AvgIpc) is 3.57. The summed E-state index contributed by atoms with van der Waals surface area (Å²) < 4.78 is 4.70. The van der Waals surface area contributed by atoms with Gasteiger partial charge in [-0.25, -0.2) is 0 Å². The third kappa shape index (κ3) is 6.55. The molecule has 3 amide bonds. The van der Waals surface area contributed by atoms with Gasteiger partial charge in [0, 0.05) is 48.7 Å². The van der Waals surface area contributed by atoms with E-state index in [9.17, 15) is 29.4 Å². The summed E-state index contributed by atoms with van der Waals surface area (Å²) in [6, 6.07) is 13.6. The Labute approximate surface area is 246 Å². The van der Waals surface area contributed by atoms with Crippen molar-refractivity contribution >= 4 is 35.1 Å². The van der Waals surface area contributed by atoms with E-state index in [1.807, 2.05) is 6.07 Å². The highest BCUT2D eigenvalue weighted by Crippen LogP contribution is 2.46. The largest absolute Gasteiger partial charge is 0.469 e. The number of ether oxygens (including phenoxy) is 1. The van der Waals surface area contributed by atoms with Gasteiger partial charge in [0.2, 0.25) is 5.91 Å². The first-order chi connectivity index (χ1) is 20.2. The molecule has 4 rings (SSSR count). The standard InChI is InChI=1S/C32H39N3O7/c1-22(10-8-14-28(37)34-19-9-13-25(34)21-36)32(41)26-20-24(33-30(39)23-11-4-3-5-12-23)16-17-27(26)35(31(32)40)18-7-6-15-29(38)42-2/h3-5,8,10-12,16-17,20,22,25,36,41H,6-7,9,13-15,18-19,21H2,1-2H3,(H,33,39)/b10-8+/t22-,25-,32+/m0/s1. The van der Waals surface area contributed by atoms with Crippen LogP contribution in [0.5, 0.6) is 0 Å². The Kier molecular flexibility index (Phi) is 10.1. The molecule has 10 heteroatoms. The normalized spacial score (nSPS) is 20.6. The van der Waals surface area contributed by atoms with Crippen molar-refractivity contribution in [1.82, 2.24) is 4.90 Å². The van der Waals surface area contributed by atoms with Crippen molar-refractivity contribution in [3.63, 3.8) is 0 Å². The van der Waals surface area contributed by atoms with E-state index in [1.54, 1.807) is 66.4 Å². The number of carbonyl (C=O) groups excluding carboxylic acids is 4. The predicted octanol–water partition coefficient (Wildman–Crippen LogP) is 3.38. The molecule has 2 aromatic carbocycles. The summed E-state index contributed by atoms with van der Waals surface area (Å²) in [4.78, 5) is 54.1. The Balaban J connectivity index is 1.56. The molecule has 42 heavy (non-hydrogen) atoms. The van der Waals surface area contributed by atoms with Crippen LogP contribution in [0.4, 0.5) is 11.4 Å². The lowest BCUT2D eigenvalue weighted by Crippen LogP contribution is -2.44. The first-order valence-corrected chi connectivity index (χ1v) is 14.4.